The first kappa shape index (κ1) is 9.86. The predicted molar refractivity (Wildman–Crippen MR) is 53.8 cm³/mol. The van der Waals surface area contributed by atoms with Gasteiger partial charge in [0.05, 0.1) is 0 Å². The van der Waals surface area contributed by atoms with Crippen LogP contribution in [0.1, 0.15) is 11.5 Å². The molecule has 0 atom stereocenters. The molecule has 1 aromatic heterocycles. The third-order valence-electron chi connectivity index (χ3n) is 1.88. The Labute approximate surface area is 87.9 Å². The molecule has 0 spiro atoms. The lowest BCUT2D eigenvalue weighted by molar-refractivity contribution is 0.151. The summed E-state index contributed by atoms with van der Waals surface area (Å²) >= 11 is 0. The van der Waals surface area contributed by atoms with Crippen LogP contribution in [-0.2, 0) is 11.3 Å². The van der Waals surface area contributed by atoms with Gasteiger partial charge in [0.25, 0.3) is 5.89 Å². The Kier molecular flexibility index (Phi) is 2.78. The molecule has 0 saturated carbocycles. The zero-order valence-corrected chi connectivity index (χ0v) is 8.30. The van der Waals surface area contributed by atoms with Crippen LogP contribution in [0.2, 0.25) is 0 Å². The Bertz CT molecular complexity index is 451. The van der Waals surface area contributed by atoms with Crippen LogP contribution in [0.15, 0.2) is 28.8 Å². The molecule has 0 aliphatic heterocycles. The highest BCUT2D eigenvalue weighted by molar-refractivity contribution is 5.55. The van der Waals surface area contributed by atoms with E-state index in [-0.39, 0.29) is 0 Å². The standard InChI is InChI=1S/C11H10N2O2/c1-8-4-3-5-9(6-8)11-12-10(7-14-2)15-13-11/h1,3-6H,7H2,2H3. The van der Waals surface area contributed by atoms with Crippen LogP contribution in [0.3, 0.4) is 0 Å². The average molecular weight is 202 g/mol. The quantitative estimate of drug-likeness (QED) is 0.763. The topological polar surface area (TPSA) is 48.2 Å². The summed E-state index contributed by atoms with van der Waals surface area (Å²) in [4.78, 5) is 4.15. The minimum atomic E-state index is 0.315. The second-order valence-corrected chi connectivity index (χ2v) is 3.07. The van der Waals surface area contributed by atoms with Crippen molar-refractivity contribution in [3.63, 3.8) is 0 Å². The first-order valence-corrected chi connectivity index (χ1v) is 4.47. The smallest absolute Gasteiger partial charge is 0.252 e. The van der Waals surface area contributed by atoms with Gasteiger partial charge in [-0.2, -0.15) is 4.98 Å². The van der Waals surface area contributed by atoms with Crippen LogP contribution in [0.4, 0.5) is 0 Å². The SMILES string of the molecule is [CH]c1cccc(-c2noc(COC)n2)c1. The van der Waals surface area contributed by atoms with E-state index in [0.717, 1.165) is 5.56 Å². The second kappa shape index (κ2) is 4.23. The maximum Gasteiger partial charge on any atom is 0.252 e. The molecule has 1 heterocycles. The van der Waals surface area contributed by atoms with E-state index in [1.165, 1.54) is 0 Å². The van der Waals surface area contributed by atoms with Crippen LogP contribution in [-0.4, -0.2) is 17.3 Å². The minimum absolute atomic E-state index is 0.315. The highest BCUT2D eigenvalue weighted by Gasteiger charge is 2.07. The molecule has 2 rings (SSSR count). The van der Waals surface area contributed by atoms with E-state index in [1.54, 1.807) is 19.2 Å². The molecule has 0 saturated heterocycles. The van der Waals surface area contributed by atoms with Crippen molar-refractivity contribution < 1.29 is 9.26 Å². The van der Waals surface area contributed by atoms with Crippen molar-refractivity contribution in [2.45, 2.75) is 6.61 Å². The van der Waals surface area contributed by atoms with Crippen molar-refractivity contribution in [3.8, 4) is 11.4 Å². The first-order valence-electron chi connectivity index (χ1n) is 4.47. The summed E-state index contributed by atoms with van der Waals surface area (Å²) < 4.78 is 9.85. The van der Waals surface area contributed by atoms with Gasteiger partial charge in [0.1, 0.15) is 6.61 Å². The van der Waals surface area contributed by atoms with Gasteiger partial charge < -0.3 is 9.26 Å². The van der Waals surface area contributed by atoms with E-state index in [1.807, 2.05) is 12.1 Å². The number of hydrogen-bond acceptors (Lipinski definition) is 4. The first-order chi connectivity index (χ1) is 7.29. The van der Waals surface area contributed by atoms with Gasteiger partial charge in [-0.05, 0) is 18.6 Å². The zero-order valence-electron chi connectivity index (χ0n) is 8.30. The number of aromatic nitrogens is 2. The molecular formula is C11H10N2O2. The number of benzene rings is 1. The Morgan fingerprint density at radius 2 is 2.33 bits per heavy atom. The molecule has 0 amide bonds. The van der Waals surface area contributed by atoms with Gasteiger partial charge in [-0.3, -0.25) is 0 Å². The van der Waals surface area contributed by atoms with Gasteiger partial charge in [0.15, 0.2) is 0 Å². The monoisotopic (exact) mass is 202 g/mol. The summed E-state index contributed by atoms with van der Waals surface area (Å²) in [6.07, 6.45) is 0. The lowest BCUT2D eigenvalue weighted by atomic mass is 10.1. The van der Waals surface area contributed by atoms with Crippen molar-refractivity contribution in [2.75, 3.05) is 7.11 Å². The van der Waals surface area contributed by atoms with E-state index >= 15 is 0 Å². The third kappa shape index (κ3) is 2.22. The molecule has 1 aromatic carbocycles. The molecule has 0 fully saturated rings. The van der Waals surface area contributed by atoms with E-state index in [4.69, 9.17) is 16.2 Å². The third-order valence-corrected chi connectivity index (χ3v) is 1.88. The van der Waals surface area contributed by atoms with Crippen molar-refractivity contribution in [2.24, 2.45) is 0 Å². The number of methoxy groups -OCH3 is 1. The lowest BCUT2D eigenvalue weighted by Crippen LogP contribution is -1.87. The Hall–Kier alpha value is -1.68. The van der Waals surface area contributed by atoms with E-state index in [2.05, 4.69) is 10.1 Å². The molecule has 0 unspecified atom stereocenters. The molecule has 0 aliphatic rings. The van der Waals surface area contributed by atoms with Crippen LogP contribution in [0.5, 0.6) is 0 Å². The summed E-state index contributed by atoms with van der Waals surface area (Å²) in [6, 6.07) is 7.32. The van der Waals surface area contributed by atoms with Gasteiger partial charge in [-0.15, -0.1) is 0 Å². The normalized spacial score (nSPS) is 10.5. The number of nitrogens with zero attached hydrogens (tertiary/aromatic N) is 2. The van der Waals surface area contributed by atoms with Gasteiger partial charge >= 0.3 is 0 Å². The van der Waals surface area contributed by atoms with Gasteiger partial charge in [0, 0.05) is 12.7 Å². The summed E-state index contributed by atoms with van der Waals surface area (Å²) in [6.45, 7) is 5.97. The molecule has 2 radical (unpaired) electrons. The molecule has 0 N–H and O–H groups in total. The molecule has 4 heteroatoms. The van der Waals surface area contributed by atoms with Crippen molar-refractivity contribution in [1.29, 1.82) is 0 Å². The Morgan fingerprint density at radius 3 is 3.07 bits per heavy atom. The molecule has 0 bridgehead atoms. The van der Waals surface area contributed by atoms with Crippen LogP contribution < -0.4 is 0 Å². The summed E-state index contributed by atoms with van der Waals surface area (Å²) in [7, 11) is 1.57. The number of rotatable bonds is 3. The Morgan fingerprint density at radius 1 is 1.47 bits per heavy atom. The van der Waals surface area contributed by atoms with Crippen molar-refractivity contribution in [3.05, 3.63) is 42.6 Å². The number of ether oxygens (including phenoxy) is 1. The average Bonchev–Trinajstić information content (AvgIpc) is 2.67. The van der Waals surface area contributed by atoms with Crippen LogP contribution in [0, 0.1) is 6.92 Å². The van der Waals surface area contributed by atoms with Crippen molar-refractivity contribution >= 4 is 0 Å². The van der Waals surface area contributed by atoms with Gasteiger partial charge in [-0.25, -0.2) is 0 Å². The predicted octanol–water partition coefficient (Wildman–Crippen LogP) is 1.94. The minimum Gasteiger partial charge on any atom is -0.375 e. The molecule has 4 nitrogen and oxygen atoms in total. The fourth-order valence-corrected chi connectivity index (χ4v) is 1.23. The lowest BCUT2D eigenvalue weighted by Gasteiger charge is -1.94. The van der Waals surface area contributed by atoms with Crippen LogP contribution in [0.25, 0.3) is 11.4 Å². The molecule has 76 valence electrons. The highest BCUT2D eigenvalue weighted by atomic mass is 16.5. The maximum atomic E-state index is 5.65. The van der Waals surface area contributed by atoms with Gasteiger partial charge in [-0.1, -0.05) is 23.4 Å². The summed E-state index contributed by atoms with van der Waals surface area (Å²) in [5.74, 6) is 0.976. The fourth-order valence-electron chi connectivity index (χ4n) is 1.23. The number of hydrogen-bond donors (Lipinski definition) is 0. The van der Waals surface area contributed by atoms with Crippen molar-refractivity contribution in [1.82, 2.24) is 10.1 Å². The van der Waals surface area contributed by atoms with E-state index in [0.29, 0.717) is 23.9 Å². The van der Waals surface area contributed by atoms with Gasteiger partial charge in [0.2, 0.25) is 5.82 Å². The summed E-state index contributed by atoms with van der Waals surface area (Å²) in [5.41, 5.74) is 1.51. The largest absolute Gasteiger partial charge is 0.375 e. The molecule has 0 aliphatic carbocycles. The zero-order chi connectivity index (χ0) is 10.7. The molecule has 15 heavy (non-hydrogen) atoms. The second-order valence-electron chi connectivity index (χ2n) is 3.07. The molecular weight excluding hydrogens is 192 g/mol. The summed E-state index contributed by atoms with van der Waals surface area (Å²) in [5, 5.41) is 3.82. The fraction of sp³-hybridized carbons (Fsp3) is 0.182. The van der Waals surface area contributed by atoms with E-state index in [9.17, 15) is 0 Å². The van der Waals surface area contributed by atoms with Crippen LogP contribution >= 0.6 is 0 Å². The maximum absolute atomic E-state index is 5.65. The Balaban J connectivity index is 2.29. The molecule has 2 aromatic rings. The van der Waals surface area contributed by atoms with E-state index < -0.39 is 0 Å². The highest BCUT2D eigenvalue weighted by Crippen LogP contribution is 2.16.